The Kier molecular flexibility index (Phi) is 10.3. The van der Waals surface area contributed by atoms with Crippen LogP contribution in [0.4, 0.5) is 0 Å². The van der Waals surface area contributed by atoms with Crippen LogP contribution in [0.3, 0.4) is 0 Å². The molecule has 0 saturated heterocycles. The molecule has 6 N–H and O–H groups in total. The molecule has 0 aliphatic rings. The predicted octanol–water partition coefficient (Wildman–Crippen LogP) is -1.31. The summed E-state index contributed by atoms with van der Waals surface area (Å²) in [5.41, 5.74) is 10.5. The monoisotopic (exact) mass is 266 g/mol. The molecular weight excluding hydrogens is 248 g/mol. The molecule has 0 aliphatic heterocycles. The van der Waals surface area contributed by atoms with E-state index >= 15 is 0 Å². The van der Waals surface area contributed by atoms with Crippen molar-refractivity contribution in [2.24, 2.45) is 11.5 Å². The maximum atomic E-state index is 5.24. The van der Waals surface area contributed by atoms with Gasteiger partial charge in [0.05, 0.1) is 26.4 Å². The summed E-state index contributed by atoms with van der Waals surface area (Å²) in [5.74, 6) is 0. The van der Waals surface area contributed by atoms with E-state index in [1.807, 2.05) is 0 Å². The highest BCUT2D eigenvalue weighted by molar-refractivity contribution is 7.80. The van der Waals surface area contributed by atoms with Crippen molar-refractivity contribution in [3.63, 3.8) is 0 Å². The number of ether oxygens (including phenoxy) is 2. The Morgan fingerprint density at radius 2 is 1.19 bits per heavy atom. The third kappa shape index (κ3) is 13.3. The first-order valence-corrected chi connectivity index (χ1v) is 5.66. The minimum Gasteiger partial charge on any atom is -0.377 e. The van der Waals surface area contributed by atoms with E-state index in [1.165, 1.54) is 0 Å². The van der Waals surface area contributed by atoms with E-state index in [9.17, 15) is 0 Å². The maximum Gasteiger partial charge on any atom is 0.163 e. The Morgan fingerprint density at radius 3 is 1.50 bits per heavy atom. The lowest BCUT2D eigenvalue weighted by atomic mass is 10.6. The molecule has 0 atom stereocenters. The van der Waals surface area contributed by atoms with Crippen molar-refractivity contribution < 1.29 is 9.47 Å². The molecular formula is C8H18N4O2S2. The van der Waals surface area contributed by atoms with Gasteiger partial charge in [-0.25, -0.2) is 0 Å². The fourth-order valence-electron chi connectivity index (χ4n) is 0.815. The van der Waals surface area contributed by atoms with Gasteiger partial charge in [-0.05, 0) is 24.4 Å². The second-order valence-electron chi connectivity index (χ2n) is 2.81. The normalized spacial score (nSPS) is 9.75. The predicted molar refractivity (Wildman–Crippen MR) is 71.2 cm³/mol. The van der Waals surface area contributed by atoms with E-state index in [0.29, 0.717) is 39.5 Å². The molecule has 0 aromatic carbocycles. The molecule has 0 bridgehead atoms. The molecule has 6 nitrogen and oxygen atoms in total. The molecule has 0 spiro atoms. The SMILES string of the molecule is NC(=S)NCCOCCOCCNC(N)=S. The van der Waals surface area contributed by atoms with E-state index in [-0.39, 0.29) is 10.2 Å². The van der Waals surface area contributed by atoms with Gasteiger partial charge in [0.2, 0.25) is 0 Å². The number of nitrogens with two attached hydrogens (primary N) is 2. The highest BCUT2D eigenvalue weighted by Crippen LogP contribution is 1.78. The van der Waals surface area contributed by atoms with Gasteiger partial charge in [-0.3, -0.25) is 0 Å². The zero-order valence-electron chi connectivity index (χ0n) is 9.03. The van der Waals surface area contributed by atoms with Crippen LogP contribution in [-0.4, -0.2) is 49.7 Å². The van der Waals surface area contributed by atoms with Gasteiger partial charge in [-0.1, -0.05) is 0 Å². The molecule has 0 fully saturated rings. The van der Waals surface area contributed by atoms with Crippen LogP contribution >= 0.6 is 24.4 Å². The minimum absolute atomic E-state index is 0.281. The first-order valence-electron chi connectivity index (χ1n) is 4.85. The van der Waals surface area contributed by atoms with Crippen LogP contribution in [0.2, 0.25) is 0 Å². The zero-order valence-corrected chi connectivity index (χ0v) is 10.7. The summed E-state index contributed by atoms with van der Waals surface area (Å²) in [6, 6.07) is 0. The molecule has 0 aromatic rings. The Hall–Kier alpha value is -0.700. The lowest BCUT2D eigenvalue weighted by Crippen LogP contribution is -2.32. The molecule has 0 aromatic heterocycles. The van der Waals surface area contributed by atoms with Crippen LogP contribution in [0, 0.1) is 0 Å². The molecule has 0 saturated carbocycles. The third-order valence-electron chi connectivity index (χ3n) is 1.46. The van der Waals surface area contributed by atoms with E-state index < -0.39 is 0 Å². The minimum atomic E-state index is 0.281. The summed E-state index contributed by atoms with van der Waals surface area (Å²) in [6.45, 7) is 3.38. The molecule has 0 unspecified atom stereocenters. The summed E-state index contributed by atoms with van der Waals surface area (Å²) in [6.07, 6.45) is 0. The van der Waals surface area contributed by atoms with Gasteiger partial charge in [0.1, 0.15) is 0 Å². The van der Waals surface area contributed by atoms with E-state index in [4.69, 9.17) is 20.9 Å². The fourth-order valence-corrected chi connectivity index (χ4v) is 1.02. The van der Waals surface area contributed by atoms with E-state index in [2.05, 4.69) is 35.1 Å². The second-order valence-corrected chi connectivity index (χ2v) is 3.69. The number of nitrogens with one attached hydrogen (secondary N) is 2. The highest BCUT2D eigenvalue weighted by Gasteiger charge is 1.91. The Morgan fingerprint density at radius 1 is 0.812 bits per heavy atom. The number of hydrogen-bond donors (Lipinski definition) is 4. The van der Waals surface area contributed by atoms with Crippen molar-refractivity contribution in [3.8, 4) is 0 Å². The van der Waals surface area contributed by atoms with Gasteiger partial charge >= 0.3 is 0 Å². The van der Waals surface area contributed by atoms with Crippen molar-refractivity contribution in [2.45, 2.75) is 0 Å². The average molecular weight is 266 g/mol. The van der Waals surface area contributed by atoms with Gasteiger partial charge in [0.15, 0.2) is 10.2 Å². The fraction of sp³-hybridized carbons (Fsp3) is 0.750. The molecule has 0 heterocycles. The first-order chi connectivity index (χ1) is 7.63. The van der Waals surface area contributed by atoms with Crippen LogP contribution in [-0.2, 0) is 9.47 Å². The molecule has 16 heavy (non-hydrogen) atoms. The maximum absolute atomic E-state index is 5.24. The Labute approximate surface area is 106 Å². The Balaban J connectivity index is 2.98. The molecule has 94 valence electrons. The summed E-state index contributed by atoms with van der Waals surface area (Å²) >= 11 is 9.25. The largest absolute Gasteiger partial charge is 0.377 e. The molecule has 0 amide bonds. The van der Waals surface area contributed by atoms with Crippen LogP contribution < -0.4 is 22.1 Å². The van der Waals surface area contributed by atoms with Crippen LogP contribution in [0.25, 0.3) is 0 Å². The lowest BCUT2D eigenvalue weighted by Gasteiger charge is -2.07. The number of thiocarbonyl (C=S) groups is 2. The van der Waals surface area contributed by atoms with Gasteiger partial charge in [0.25, 0.3) is 0 Å². The zero-order chi connectivity index (χ0) is 12.2. The number of rotatable bonds is 9. The van der Waals surface area contributed by atoms with Crippen LogP contribution in [0.1, 0.15) is 0 Å². The molecule has 0 radical (unpaired) electrons. The number of hydrogen-bond acceptors (Lipinski definition) is 4. The topological polar surface area (TPSA) is 94.6 Å². The smallest absolute Gasteiger partial charge is 0.163 e. The molecule has 0 aliphatic carbocycles. The van der Waals surface area contributed by atoms with Crippen molar-refractivity contribution in [3.05, 3.63) is 0 Å². The standard InChI is InChI=1S/C8H18N4O2S2/c9-7(15)11-1-3-13-5-6-14-4-2-12-8(10)16/h1-6H2,(H3,9,11,15)(H3,10,12,16). The molecule has 8 heteroatoms. The average Bonchev–Trinajstić information content (AvgIpc) is 2.20. The van der Waals surface area contributed by atoms with E-state index in [0.717, 1.165) is 0 Å². The summed E-state index contributed by atoms with van der Waals surface area (Å²) in [5, 5.41) is 6.11. The highest BCUT2D eigenvalue weighted by atomic mass is 32.1. The summed E-state index contributed by atoms with van der Waals surface area (Å²) < 4.78 is 10.5. The second kappa shape index (κ2) is 10.8. The summed E-state index contributed by atoms with van der Waals surface area (Å²) in [4.78, 5) is 0. The van der Waals surface area contributed by atoms with Gasteiger partial charge in [-0.15, -0.1) is 0 Å². The third-order valence-corrected chi connectivity index (χ3v) is 1.75. The molecule has 0 rings (SSSR count). The van der Waals surface area contributed by atoms with Crippen molar-refractivity contribution in [2.75, 3.05) is 39.5 Å². The van der Waals surface area contributed by atoms with E-state index in [1.54, 1.807) is 0 Å². The quantitative estimate of drug-likeness (QED) is 0.302. The van der Waals surface area contributed by atoms with Crippen LogP contribution in [0.15, 0.2) is 0 Å². The van der Waals surface area contributed by atoms with Crippen LogP contribution in [0.5, 0.6) is 0 Å². The summed E-state index contributed by atoms with van der Waals surface area (Å²) in [7, 11) is 0. The first kappa shape index (κ1) is 15.3. The van der Waals surface area contributed by atoms with Crippen molar-refractivity contribution in [1.82, 2.24) is 10.6 Å². The van der Waals surface area contributed by atoms with Gasteiger partial charge < -0.3 is 31.6 Å². The Bertz CT molecular complexity index is 194. The lowest BCUT2D eigenvalue weighted by molar-refractivity contribution is 0.0519. The van der Waals surface area contributed by atoms with Crippen molar-refractivity contribution in [1.29, 1.82) is 0 Å². The van der Waals surface area contributed by atoms with Crippen molar-refractivity contribution >= 4 is 34.7 Å². The van der Waals surface area contributed by atoms with Gasteiger partial charge in [-0.2, -0.15) is 0 Å². The van der Waals surface area contributed by atoms with Gasteiger partial charge in [0, 0.05) is 13.1 Å².